The first kappa shape index (κ1) is 12.3. The number of nitrogens with one attached hydrogen (secondary N) is 1. The van der Waals surface area contributed by atoms with Gasteiger partial charge in [-0.1, -0.05) is 24.3 Å². The largest absolute Gasteiger partial charge is 0.372 e. The zero-order valence-electron chi connectivity index (χ0n) is 10.1. The summed E-state index contributed by atoms with van der Waals surface area (Å²) >= 11 is 2.26. The minimum absolute atomic E-state index is 0.783. The zero-order chi connectivity index (χ0) is 12.4. The molecule has 4 heteroatoms. The van der Waals surface area contributed by atoms with Gasteiger partial charge >= 0.3 is 0 Å². The number of aromatic nitrogens is 2. The lowest BCUT2D eigenvalue weighted by Gasteiger charge is -2.10. The minimum atomic E-state index is 0.783. The van der Waals surface area contributed by atoms with Crippen LogP contribution < -0.4 is 5.32 Å². The Kier molecular flexibility index (Phi) is 3.61. The number of halogens is 1. The number of benzene rings is 1. The summed E-state index contributed by atoms with van der Waals surface area (Å²) in [7, 11) is 1.88. The van der Waals surface area contributed by atoms with Gasteiger partial charge in [-0.3, -0.25) is 0 Å². The number of rotatable bonds is 2. The van der Waals surface area contributed by atoms with E-state index >= 15 is 0 Å². The summed E-state index contributed by atoms with van der Waals surface area (Å²) in [6.07, 6.45) is 0. The number of aryl methyl sites for hydroxylation is 2. The summed E-state index contributed by atoms with van der Waals surface area (Å²) in [6, 6.07) is 8.16. The van der Waals surface area contributed by atoms with Crippen LogP contribution in [0.2, 0.25) is 0 Å². The first-order valence-corrected chi connectivity index (χ1v) is 6.49. The minimum Gasteiger partial charge on any atom is -0.372 e. The van der Waals surface area contributed by atoms with Crippen LogP contribution in [0.3, 0.4) is 0 Å². The van der Waals surface area contributed by atoms with Crippen LogP contribution in [-0.2, 0) is 0 Å². The topological polar surface area (TPSA) is 37.8 Å². The van der Waals surface area contributed by atoms with Crippen molar-refractivity contribution in [1.82, 2.24) is 9.97 Å². The highest BCUT2D eigenvalue weighted by molar-refractivity contribution is 14.1. The molecule has 1 N–H and O–H groups in total. The quantitative estimate of drug-likeness (QED) is 0.852. The molecule has 3 nitrogen and oxygen atoms in total. The number of anilines is 1. The molecular weight excluding hydrogens is 325 g/mol. The van der Waals surface area contributed by atoms with Gasteiger partial charge in [0, 0.05) is 12.6 Å². The van der Waals surface area contributed by atoms with Gasteiger partial charge in [-0.05, 0) is 42.0 Å². The molecule has 88 valence electrons. The Bertz CT molecular complexity index is 552. The summed E-state index contributed by atoms with van der Waals surface area (Å²) in [5, 5.41) is 3.11. The Morgan fingerprint density at radius 1 is 1.12 bits per heavy atom. The van der Waals surface area contributed by atoms with E-state index in [1.165, 1.54) is 5.56 Å². The molecule has 0 fully saturated rings. The van der Waals surface area contributed by atoms with Crippen LogP contribution in [0.4, 0.5) is 5.82 Å². The molecule has 0 bridgehead atoms. The molecule has 0 amide bonds. The first-order valence-electron chi connectivity index (χ1n) is 5.41. The van der Waals surface area contributed by atoms with Gasteiger partial charge in [-0.25, -0.2) is 9.97 Å². The van der Waals surface area contributed by atoms with Crippen molar-refractivity contribution in [1.29, 1.82) is 0 Å². The molecule has 0 aliphatic heterocycles. The van der Waals surface area contributed by atoms with Gasteiger partial charge in [-0.2, -0.15) is 0 Å². The van der Waals surface area contributed by atoms with Crippen molar-refractivity contribution in [3.63, 3.8) is 0 Å². The van der Waals surface area contributed by atoms with Crippen molar-refractivity contribution in [2.45, 2.75) is 13.8 Å². The normalized spacial score (nSPS) is 10.4. The van der Waals surface area contributed by atoms with E-state index < -0.39 is 0 Å². The van der Waals surface area contributed by atoms with Gasteiger partial charge in [0.2, 0.25) is 0 Å². The van der Waals surface area contributed by atoms with Crippen LogP contribution in [0.15, 0.2) is 24.3 Å². The summed E-state index contributed by atoms with van der Waals surface area (Å²) in [5.74, 6) is 1.67. The Morgan fingerprint density at radius 2 is 1.82 bits per heavy atom. The van der Waals surface area contributed by atoms with Crippen LogP contribution in [0.5, 0.6) is 0 Å². The van der Waals surface area contributed by atoms with Crippen LogP contribution in [-0.4, -0.2) is 17.0 Å². The number of nitrogens with zero attached hydrogens (tertiary/aromatic N) is 2. The van der Waals surface area contributed by atoms with Crippen molar-refractivity contribution in [2.75, 3.05) is 12.4 Å². The van der Waals surface area contributed by atoms with Gasteiger partial charge in [0.15, 0.2) is 5.82 Å². The van der Waals surface area contributed by atoms with Gasteiger partial charge < -0.3 is 5.32 Å². The molecule has 0 aliphatic rings. The van der Waals surface area contributed by atoms with Crippen molar-refractivity contribution < 1.29 is 0 Å². The molecule has 0 saturated carbocycles. The standard InChI is InChI=1S/C13H14IN3/c1-8-6-4-5-7-10(8)12-16-9(2)11(14)13(15-3)17-12/h4-7H,1-3H3,(H,15,16,17). The second-order valence-corrected chi connectivity index (χ2v) is 4.94. The highest BCUT2D eigenvalue weighted by atomic mass is 127. The summed E-state index contributed by atoms with van der Waals surface area (Å²) in [5.41, 5.74) is 3.28. The summed E-state index contributed by atoms with van der Waals surface area (Å²) in [4.78, 5) is 9.11. The number of hydrogen-bond acceptors (Lipinski definition) is 3. The Hall–Kier alpha value is -1.17. The predicted octanol–water partition coefficient (Wildman–Crippen LogP) is 3.41. The fourth-order valence-electron chi connectivity index (χ4n) is 1.67. The van der Waals surface area contributed by atoms with Gasteiger partial charge in [0.1, 0.15) is 5.82 Å². The smallest absolute Gasteiger partial charge is 0.162 e. The fourth-order valence-corrected chi connectivity index (χ4v) is 2.18. The van der Waals surface area contributed by atoms with Gasteiger partial charge in [0.25, 0.3) is 0 Å². The Balaban J connectivity index is 2.61. The molecule has 0 atom stereocenters. The molecule has 0 spiro atoms. The molecule has 2 rings (SSSR count). The van der Waals surface area contributed by atoms with Crippen LogP contribution >= 0.6 is 22.6 Å². The van der Waals surface area contributed by atoms with E-state index in [-0.39, 0.29) is 0 Å². The van der Waals surface area contributed by atoms with Gasteiger partial charge in [0.05, 0.1) is 9.26 Å². The maximum absolute atomic E-state index is 4.55. The third-order valence-electron chi connectivity index (χ3n) is 2.64. The highest BCUT2D eigenvalue weighted by Gasteiger charge is 2.10. The molecule has 0 unspecified atom stereocenters. The third-order valence-corrected chi connectivity index (χ3v) is 3.93. The zero-order valence-corrected chi connectivity index (χ0v) is 12.2. The van der Waals surface area contributed by atoms with Crippen molar-refractivity contribution >= 4 is 28.4 Å². The van der Waals surface area contributed by atoms with Crippen molar-refractivity contribution in [3.8, 4) is 11.4 Å². The monoisotopic (exact) mass is 339 g/mol. The van der Waals surface area contributed by atoms with Crippen LogP contribution in [0.25, 0.3) is 11.4 Å². The molecule has 1 aromatic carbocycles. The average molecular weight is 339 g/mol. The molecule has 0 aliphatic carbocycles. The first-order chi connectivity index (χ1) is 8.13. The van der Waals surface area contributed by atoms with E-state index in [1.54, 1.807) is 0 Å². The SMILES string of the molecule is CNc1nc(-c2ccccc2C)nc(C)c1I. The van der Waals surface area contributed by atoms with E-state index in [4.69, 9.17) is 0 Å². The highest BCUT2D eigenvalue weighted by Crippen LogP contribution is 2.25. The van der Waals surface area contributed by atoms with E-state index in [0.717, 1.165) is 26.5 Å². The maximum Gasteiger partial charge on any atom is 0.162 e. The maximum atomic E-state index is 4.55. The summed E-state index contributed by atoms with van der Waals surface area (Å²) in [6.45, 7) is 4.08. The Labute approximate surface area is 115 Å². The molecule has 1 aromatic heterocycles. The van der Waals surface area contributed by atoms with E-state index in [1.807, 2.05) is 26.1 Å². The molecular formula is C13H14IN3. The van der Waals surface area contributed by atoms with E-state index in [9.17, 15) is 0 Å². The van der Waals surface area contributed by atoms with Crippen LogP contribution in [0, 0.1) is 17.4 Å². The lowest BCUT2D eigenvalue weighted by molar-refractivity contribution is 1.08. The van der Waals surface area contributed by atoms with Gasteiger partial charge in [-0.15, -0.1) is 0 Å². The Morgan fingerprint density at radius 3 is 2.47 bits per heavy atom. The van der Waals surface area contributed by atoms with E-state index in [0.29, 0.717) is 0 Å². The lowest BCUT2D eigenvalue weighted by atomic mass is 10.1. The molecule has 2 aromatic rings. The average Bonchev–Trinajstić information content (AvgIpc) is 2.33. The molecule has 0 radical (unpaired) electrons. The summed E-state index contributed by atoms with van der Waals surface area (Å²) < 4.78 is 1.07. The number of hydrogen-bond donors (Lipinski definition) is 1. The molecule has 0 saturated heterocycles. The molecule has 17 heavy (non-hydrogen) atoms. The fraction of sp³-hybridized carbons (Fsp3) is 0.231. The van der Waals surface area contributed by atoms with E-state index in [2.05, 4.69) is 56.9 Å². The third kappa shape index (κ3) is 2.41. The predicted molar refractivity (Wildman–Crippen MR) is 79.2 cm³/mol. The van der Waals surface area contributed by atoms with Crippen LogP contribution in [0.1, 0.15) is 11.3 Å². The van der Waals surface area contributed by atoms with Crippen molar-refractivity contribution in [2.24, 2.45) is 0 Å². The molecule has 1 heterocycles. The second-order valence-electron chi connectivity index (χ2n) is 3.86. The van der Waals surface area contributed by atoms with Crippen molar-refractivity contribution in [3.05, 3.63) is 39.1 Å². The second kappa shape index (κ2) is 5.00. The lowest BCUT2D eigenvalue weighted by Crippen LogP contribution is -2.03.